The van der Waals surface area contributed by atoms with Gasteiger partial charge in [-0.25, -0.2) is 0 Å². The van der Waals surface area contributed by atoms with Crippen LogP contribution in [0.4, 0.5) is 0 Å². The van der Waals surface area contributed by atoms with Crippen LogP contribution in [0, 0.1) is 0 Å². The highest BCUT2D eigenvalue weighted by Gasteiger charge is 2.21. The molecule has 1 aromatic carbocycles. The van der Waals surface area contributed by atoms with E-state index < -0.39 is 0 Å². The van der Waals surface area contributed by atoms with Crippen molar-refractivity contribution in [2.45, 2.75) is 32.1 Å². The van der Waals surface area contributed by atoms with Crippen molar-refractivity contribution < 1.29 is 9.53 Å². The zero-order valence-electron chi connectivity index (χ0n) is 12.0. The highest BCUT2D eigenvalue weighted by molar-refractivity contribution is 5.76. The second-order valence-electron chi connectivity index (χ2n) is 5.28. The summed E-state index contributed by atoms with van der Waals surface area (Å²) in [6.45, 7) is 5.35. The lowest BCUT2D eigenvalue weighted by atomic mass is 9.84. The van der Waals surface area contributed by atoms with Gasteiger partial charge in [0.2, 0.25) is 5.91 Å². The van der Waals surface area contributed by atoms with Crippen molar-refractivity contribution in [2.75, 3.05) is 20.2 Å². The van der Waals surface area contributed by atoms with E-state index in [0.29, 0.717) is 19.5 Å². The number of carbonyl (C=O) groups excluding carboxylic acids is 1. The standard InChI is InChI=1S/C15H24N2O2/c1-15(2,11-17-14(18)8-5-9-16)12-6-4-7-13(10-12)19-3/h4,6-7,10H,5,8-9,11,16H2,1-3H3,(H,17,18). The Kier molecular flexibility index (Phi) is 5.83. The number of ether oxygens (including phenoxy) is 1. The Morgan fingerprint density at radius 3 is 2.79 bits per heavy atom. The largest absolute Gasteiger partial charge is 0.497 e. The summed E-state index contributed by atoms with van der Waals surface area (Å²) in [7, 11) is 1.65. The van der Waals surface area contributed by atoms with Crippen LogP contribution in [0.3, 0.4) is 0 Å². The monoisotopic (exact) mass is 264 g/mol. The number of methoxy groups -OCH3 is 1. The Bertz CT molecular complexity index is 416. The van der Waals surface area contributed by atoms with E-state index >= 15 is 0 Å². The van der Waals surface area contributed by atoms with Gasteiger partial charge in [0.25, 0.3) is 0 Å². The fourth-order valence-corrected chi connectivity index (χ4v) is 1.82. The molecule has 0 heterocycles. The lowest BCUT2D eigenvalue weighted by Crippen LogP contribution is -2.36. The molecule has 0 aliphatic heterocycles. The minimum absolute atomic E-state index is 0.0569. The first kappa shape index (κ1) is 15.5. The molecule has 106 valence electrons. The molecule has 0 fully saturated rings. The normalized spacial score (nSPS) is 11.2. The van der Waals surface area contributed by atoms with E-state index in [1.54, 1.807) is 7.11 Å². The topological polar surface area (TPSA) is 64.3 Å². The highest BCUT2D eigenvalue weighted by atomic mass is 16.5. The Hall–Kier alpha value is -1.55. The fourth-order valence-electron chi connectivity index (χ4n) is 1.82. The summed E-state index contributed by atoms with van der Waals surface area (Å²) in [5, 5.41) is 2.96. The number of nitrogens with two attached hydrogens (primary N) is 1. The molecule has 19 heavy (non-hydrogen) atoms. The van der Waals surface area contributed by atoms with Crippen LogP contribution in [0.5, 0.6) is 5.75 Å². The maximum atomic E-state index is 11.6. The van der Waals surface area contributed by atoms with E-state index in [9.17, 15) is 4.79 Å². The zero-order valence-corrected chi connectivity index (χ0v) is 12.0. The van der Waals surface area contributed by atoms with Gasteiger partial charge in [0, 0.05) is 18.4 Å². The molecule has 0 aliphatic carbocycles. The maximum Gasteiger partial charge on any atom is 0.220 e. The molecule has 1 aromatic rings. The molecule has 3 N–H and O–H groups in total. The molecule has 0 aliphatic rings. The van der Waals surface area contributed by atoms with Gasteiger partial charge in [-0.15, -0.1) is 0 Å². The number of carbonyl (C=O) groups is 1. The molecule has 1 amide bonds. The molecule has 1 rings (SSSR count). The summed E-state index contributed by atoms with van der Waals surface area (Å²) in [5.74, 6) is 0.890. The van der Waals surface area contributed by atoms with E-state index in [1.807, 2.05) is 18.2 Å². The third-order valence-electron chi connectivity index (χ3n) is 3.19. The molecule has 0 saturated carbocycles. The number of rotatable bonds is 7. The number of benzene rings is 1. The smallest absolute Gasteiger partial charge is 0.220 e. The summed E-state index contributed by atoms with van der Waals surface area (Å²) in [6, 6.07) is 7.94. The molecule has 0 saturated heterocycles. The molecule has 0 atom stereocenters. The minimum Gasteiger partial charge on any atom is -0.497 e. The second-order valence-corrected chi connectivity index (χ2v) is 5.28. The molecular formula is C15H24N2O2. The van der Waals surface area contributed by atoms with Gasteiger partial charge >= 0.3 is 0 Å². The summed E-state index contributed by atoms with van der Waals surface area (Å²) in [4.78, 5) is 11.6. The van der Waals surface area contributed by atoms with Gasteiger partial charge in [0.15, 0.2) is 0 Å². The maximum absolute atomic E-state index is 11.6. The van der Waals surface area contributed by atoms with Gasteiger partial charge < -0.3 is 15.8 Å². The summed E-state index contributed by atoms with van der Waals surface area (Å²) >= 11 is 0. The molecule has 4 heteroatoms. The summed E-state index contributed by atoms with van der Waals surface area (Å²) in [6.07, 6.45) is 1.22. The van der Waals surface area contributed by atoms with Crippen LogP contribution >= 0.6 is 0 Å². The predicted octanol–water partition coefficient (Wildman–Crippen LogP) is 1.83. The third-order valence-corrected chi connectivity index (χ3v) is 3.19. The van der Waals surface area contributed by atoms with E-state index in [-0.39, 0.29) is 11.3 Å². The first-order valence-corrected chi connectivity index (χ1v) is 6.61. The quantitative estimate of drug-likeness (QED) is 0.789. The van der Waals surface area contributed by atoms with Crippen molar-refractivity contribution in [1.82, 2.24) is 5.32 Å². The van der Waals surface area contributed by atoms with Crippen LogP contribution in [-0.2, 0) is 10.2 Å². The number of hydrogen-bond donors (Lipinski definition) is 2. The Balaban J connectivity index is 2.61. The predicted molar refractivity (Wildman–Crippen MR) is 77.3 cm³/mol. The van der Waals surface area contributed by atoms with Crippen LogP contribution in [-0.4, -0.2) is 26.1 Å². The van der Waals surface area contributed by atoms with E-state index in [2.05, 4.69) is 25.2 Å². The lowest BCUT2D eigenvalue weighted by molar-refractivity contribution is -0.121. The Labute approximate surface area is 115 Å². The van der Waals surface area contributed by atoms with Crippen LogP contribution in [0.1, 0.15) is 32.3 Å². The minimum atomic E-state index is -0.132. The fraction of sp³-hybridized carbons (Fsp3) is 0.533. The van der Waals surface area contributed by atoms with Gasteiger partial charge in [-0.2, -0.15) is 0 Å². The average molecular weight is 264 g/mol. The molecule has 0 aromatic heterocycles. The highest BCUT2D eigenvalue weighted by Crippen LogP contribution is 2.25. The Morgan fingerprint density at radius 2 is 2.16 bits per heavy atom. The van der Waals surface area contributed by atoms with Crippen molar-refractivity contribution in [3.05, 3.63) is 29.8 Å². The molecule has 4 nitrogen and oxygen atoms in total. The molecule has 0 radical (unpaired) electrons. The van der Waals surface area contributed by atoms with Gasteiger partial charge in [-0.05, 0) is 30.7 Å². The van der Waals surface area contributed by atoms with Crippen LogP contribution in [0.15, 0.2) is 24.3 Å². The average Bonchev–Trinajstić information content (AvgIpc) is 2.43. The summed E-state index contributed by atoms with van der Waals surface area (Å²) in [5.41, 5.74) is 6.40. The first-order valence-electron chi connectivity index (χ1n) is 6.61. The lowest BCUT2D eigenvalue weighted by Gasteiger charge is -2.26. The number of hydrogen-bond acceptors (Lipinski definition) is 3. The van der Waals surface area contributed by atoms with Crippen molar-refractivity contribution in [3.8, 4) is 5.75 Å². The second kappa shape index (κ2) is 7.14. The molecule has 0 spiro atoms. The first-order chi connectivity index (χ1) is 8.99. The van der Waals surface area contributed by atoms with Gasteiger partial charge in [0.05, 0.1) is 7.11 Å². The van der Waals surface area contributed by atoms with E-state index in [0.717, 1.165) is 17.7 Å². The SMILES string of the molecule is COc1cccc(C(C)(C)CNC(=O)CCCN)c1. The van der Waals surface area contributed by atoms with Gasteiger partial charge in [-0.3, -0.25) is 4.79 Å². The van der Waals surface area contributed by atoms with Crippen LogP contribution < -0.4 is 15.8 Å². The van der Waals surface area contributed by atoms with Gasteiger partial charge in [0.1, 0.15) is 5.75 Å². The zero-order chi connectivity index (χ0) is 14.3. The molecular weight excluding hydrogens is 240 g/mol. The van der Waals surface area contributed by atoms with Crippen LogP contribution in [0.2, 0.25) is 0 Å². The molecule has 0 bridgehead atoms. The van der Waals surface area contributed by atoms with Crippen molar-refractivity contribution in [2.24, 2.45) is 5.73 Å². The van der Waals surface area contributed by atoms with Crippen molar-refractivity contribution >= 4 is 5.91 Å². The Morgan fingerprint density at radius 1 is 1.42 bits per heavy atom. The van der Waals surface area contributed by atoms with Crippen molar-refractivity contribution in [3.63, 3.8) is 0 Å². The number of nitrogens with one attached hydrogen (secondary N) is 1. The molecule has 0 unspecified atom stereocenters. The van der Waals surface area contributed by atoms with Gasteiger partial charge in [-0.1, -0.05) is 26.0 Å². The third kappa shape index (κ3) is 4.91. The number of amides is 1. The van der Waals surface area contributed by atoms with Crippen LogP contribution in [0.25, 0.3) is 0 Å². The summed E-state index contributed by atoms with van der Waals surface area (Å²) < 4.78 is 5.23. The van der Waals surface area contributed by atoms with Crippen molar-refractivity contribution in [1.29, 1.82) is 0 Å². The van der Waals surface area contributed by atoms with E-state index in [4.69, 9.17) is 10.5 Å². The van der Waals surface area contributed by atoms with E-state index in [1.165, 1.54) is 0 Å².